The normalized spacial score (nSPS) is 21.4. The van der Waals surface area contributed by atoms with Crippen molar-refractivity contribution < 1.29 is 14.7 Å². The van der Waals surface area contributed by atoms with Crippen molar-refractivity contribution in [1.82, 2.24) is 10.2 Å². The molecule has 6 nitrogen and oxygen atoms in total. The average Bonchev–Trinajstić information content (AvgIpc) is 3.31. The third kappa shape index (κ3) is 4.31. The lowest BCUT2D eigenvalue weighted by atomic mass is 10.0. The van der Waals surface area contributed by atoms with E-state index in [4.69, 9.17) is 0 Å². The first-order valence-corrected chi connectivity index (χ1v) is 9.13. The standard InChI is InChI=1S/C19H27N3O3/c1-14(23)16-8-11-22(13-16)19(25)18(24)20-12-15-4-6-17(7-5-15)21-9-2-3-10-21/h4-7,14,16,23H,2-3,8-13H2,1H3,(H,20,24)/t14-,16-/m0/s1. The third-order valence-electron chi connectivity index (χ3n) is 5.25. The molecule has 1 aromatic carbocycles. The number of anilines is 1. The smallest absolute Gasteiger partial charge is 0.311 e. The zero-order valence-electron chi connectivity index (χ0n) is 14.8. The summed E-state index contributed by atoms with van der Waals surface area (Å²) < 4.78 is 0. The topological polar surface area (TPSA) is 72.9 Å². The van der Waals surface area contributed by atoms with Crippen LogP contribution < -0.4 is 10.2 Å². The fourth-order valence-electron chi connectivity index (χ4n) is 3.57. The molecule has 1 aromatic rings. The molecule has 2 atom stereocenters. The molecule has 2 heterocycles. The second-order valence-corrected chi connectivity index (χ2v) is 7.08. The van der Waals surface area contributed by atoms with Crippen molar-refractivity contribution in [2.45, 2.75) is 38.8 Å². The van der Waals surface area contributed by atoms with E-state index in [9.17, 15) is 14.7 Å². The van der Waals surface area contributed by atoms with Gasteiger partial charge in [-0.3, -0.25) is 9.59 Å². The maximum atomic E-state index is 12.2. The summed E-state index contributed by atoms with van der Waals surface area (Å²) in [5.74, 6) is -1.01. The van der Waals surface area contributed by atoms with Gasteiger partial charge in [0.25, 0.3) is 0 Å². The number of nitrogens with one attached hydrogen (secondary N) is 1. The number of carbonyl (C=O) groups is 2. The van der Waals surface area contributed by atoms with Crippen LogP contribution in [0.5, 0.6) is 0 Å². The maximum Gasteiger partial charge on any atom is 0.311 e. The van der Waals surface area contributed by atoms with Crippen molar-refractivity contribution in [2.24, 2.45) is 5.92 Å². The van der Waals surface area contributed by atoms with Crippen LogP contribution in [0.4, 0.5) is 5.69 Å². The Bertz CT molecular complexity index is 609. The summed E-state index contributed by atoms with van der Waals surface area (Å²) in [7, 11) is 0. The Kier molecular flexibility index (Phi) is 5.58. The van der Waals surface area contributed by atoms with Crippen molar-refractivity contribution >= 4 is 17.5 Å². The zero-order valence-corrected chi connectivity index (χ0v) is 14.8. The Morgan fingerprint density at radius 3 is 2.48 bits per heavy atom. The molecule has 6 heteroatoms. The second kappa shape index (κ2) is 7.87. The maximum absolute atomic E-state index is 12.2. The van der Waals surface area contributed by atoms with E-state index < -0.39 is 17.9 Å². The number of rotatable bonds is 4. The SMILES string of the molecule is C[C@H](O)[C@H]1CCN(C(=O)C(=O)NCc2ccc(N3CCCC3)cc2)C1. The number of hydrogen-bond acceptors (Lipinski definition) is 4. The van der Waals surface area contributed by atoms with Crippen LogP contribution in [-0.4, -0.2) is 54.1 Å². The van der Waals surface area contributed by atoms with Crippen LogP contribution in [0.1, 0.15) is 31.7 Å². The summed E-state index contributed by atoms with van der Waals surface area (Å²) in [4.78, 5) is 28.2. The number of benzene rings is 1. The highest BCUT2D eigenvalue weighted by Gasteiger charge is 2.31. The van der Waals surface area contributed by atoms with E-state index in [0.717, 1.165) is 25.1 Å². The Labute approximate surface area is 148 Å². The summed E-state index contributed by atoms with van der Waals surface area (Å²) in [5, 5.41) is 12.3. The van der Waals surface area contributed by atoms with Crippen LogP contribution in [0, 0.1) is 5.92 Å². The van der Waals surface area contributed by atoms with Gasteiger partial charge in [0, 0.05) is 44.3 Å². The third-order valence-corrected chi connectivity index (χ3v) is 5.25. The lowest BCUT2D eigenvalue weighted by Crippen LogP contribution is -2.42. The van der Waals surface area contributed by atoms with Gasteiger partial charge in [0.1, 0.15) is 0 Å². The molecule has 2 aliphatic rings. The predicted octanol–water partition coefficient (Wildman–Crippen LogP) is 1.13. The molecule has 0 aliphatic carbocycles. The van der Waals surface area contributed by atoms with Gasteiger partial charge in [0.2, 0.25) is 0 Å². The molecular weight excluding hydrogens is 318 g/mol. The number of nitrogens with zero attached hydrogens (tertiary/aromatic N) is 2. The van der Waals surface area contributed by atoms with E-state index in [2.05, 4.69) is 22.3 Å². The molecule has 2 saturated heterocycles. The van der Waals surface area contributed by atoms with Gasteiger partial charge >= 0.3 is 11.8 Å². The van der Waals surface area contributed by atoms with Crippen molar-refractivity contribution in [3.8, 4) is 0 Å². The van der Waals surface area contributed by atoms with Crippen LogP contribution in [0.15, 0.2) is 24.3 Å². The molecule has 0 radical (unpaired) electrons. The summed E-state index contributed by atoms with van der Waals surface area (Å²) in [5.41, 5.74) is 2.19. The first kappa shape index (κ1) is 17.7. The molecule has 0 aromatic heterocycles. The lowest BCUT2D eigenvalue weighted by molar-refractivity contribution is -0.145. The van der Waals surface area contributed by atoms with Gasteiger partial charge in [-0.05, 0) is 43.9 Å². The van der Waals surface area contributed by atoms with Gasteiger partial charge in [0.05, 0.1) is 6.10 Å². The summed E-state index contributed by atoms with van der Waals surface area (Å²) in [6, 6.07) is 8.14. The number of hydrogen-bond donors (Lipinski definition) is 2. The molecule has 25 heavy (non-hydrogen) atoms. The number of aliphatic hydroxyl groups excluding tert-OH is 1. The summed E-state index contributed by atoms with van der Waals surface area (Å²) >= 11 is 0. The van der Waals surface area contributed by atoms with Crippen LogP contribution >= 0.6 is 0 Å². The van der Waals surface area contributed by atoms with E-state index in [0.29, 0.717) is 19.6 Å². The zero-order chi connectivity index (χ0) is 17.8. The van der Waals surface area contributed by atoms with Gasteiger partial charge in [-0.25, -0.2) is 0 Å². The summed E-state index contributed by atoms with van der Waals surface area (Å²) in [6.45, 7) is 5.27. The van der Waals surface area contributed by atoms with Gasteiger partial charge in [-0.1, -0.05) is 12.1 Å². The number of aliphatic hydroxyl groups is 1. The average molecular weight is 345 g/mol. The second-order valence-electron chi connectivity index (χ2n) is 7.08. The highest BCUT2D eigenvalue weighted by atomic mass is 16.3. The fourth-order valence-corrected chi connectivity index (χ4v) is 3.57. The molecule has 2 aliphatic heterocycles. The monoisotopic (exact) mass is 345 g/mol. The molecule has 3 rings (SSSR count). The minimum absolute atomic E-state index is 0.0647. The number of amides is 2. The molecule has 0 spiro atoms. The highest BCUT2D eigenvalue weighted by Crippen LogP contribution is 2.21. The molecule has 2 amide bonds. The largest absolute Gasteiger partial charge is 0.393 e. The predicted molar refractivity (Wildman–Crippen MR) is 96.1 cm³/mol. The van der Waals surface area contributed by atoms with Crippen LogP contribution in [0.25, 0.3) is 0 Å². The van der Waals surface area contributed by atoms with E-state index >= 15 is 0 Å². The molecule has 136 valence electrons. The Morgan fingerprint density at radius 1 is 1.20 bits per heavy atom. The van der Waals surface area contributed by atoms with Crippen molar-refractivity contribution in [3.05, 3.63) is 29.8 Å². The highest BCUT2D eigenvalue weighted by molar-refractivity contribution is 6.35. The molecule has 0 unspecified atom stereocenters. The van der Waals surface area contributed by atoms with Crippen molar-refractivity contribution in [3.63, 3.8) is 0 Å². The number of carbonyl (C=O) groups excluding carboxylic acids is 2. The van der Waals surface area contributed by atoms with E-state index in [1.165, 1.54) is 23.4 Å². The fraction of sp³-hybridized carbons (Fsp3) is 0.579. The first-order valence-electron chi connectivity index (χ1n) is 9.13. The Morgan fingerprint density at radius 2 is 1.88 bits per heavy atom. The minimum Gasteiger partial charge on any atom is -0.393 e. The quantitative estimate of drug-likeness (QED) is 0.803. The van der Waals surface area contributed by atoms with Crippen molar-refractivity contribution in [1.29, 1.82) is 0 Å². The number of likely N-dealkylation sites (tertiary alicyclic amines) is 1. The van der Waals surface area contributed by atoms with Gasteiger partial charge in [-0.2, -0.15) is 0 Å². The Balaban J connectivity index is 1.47. The van der Waals surface area contributed by atoms with E-state index in [-0.39, 0.29) is 5.92 Å². The summed E-state index contributed by atoms with van der Waals surface area (Å²) in [6.07, 6.45) is 2.78. The van der Waals surface area contributed by atoms with E-state index in [1.807, 2.05) is 12.1 Å². The molecule has 0 saturated carbocycles. The molecular formula is C19H27N3O3. The van der Waals surface area contributed by atoms with Crippen molar-refractivity contribution in [2.75, 3.05) is 31.1 Å². The van der Waals surface area contributed by atoms with Gasteiger partial charge in [0.15, 0.2) is 0 Å². The van der Waals surface area contributed by atoms with Crippen LogP contribution in [0.3, 0.4) is 0 Å². The molecule has 0 bridgehead atoms. The van der Waals surface area contributed by atoms with E-state index in [1.54, 1.807) is 6.92 Å². The minimum atomic E-state index is -0.574. The lowest BCUT2D eigenvalue weighted by Gasteiger charge is -2.18. The van der Waals surface area contributed by atoms with Gasteiger partial charge < -0.3 is 20.2 Å². The molecule has 2 fully saturated rings. The first-order chi connectivity index (χ1) is 12.0. The van der Waals surface area contributed by atoms with Crippen LogP contribution in [0.2, 0.25) is 0 Å². The van der Waals surface area contributed by atoms with Crippen LogP contribution in [-0.2, 0) is 16.1 Å². The molecule has 2 N–H and O–H groups in total. The Hall–Kier alpha value is -2.08. The van der Waals surface area contributed by atoms with Gasteiger partial charge in [-0.15, -0.1) is 0 Å².